The minimum absolute atomic E-state index is 0. The highest BCUT2D eigenvalue weighted by atomic mass is 35.5. The molecular formula is C15H19ClN4O. The lowest BCUT2D eigenvalue weighted by atomic mass is 10.1. The van der Waals surface area contributed by atoms with Crippen LogP contribution < -0.4 is 5.73 Å². The number of amides is 1. The van der Waals surface area contributed by atoms with Gasteiger partial charge in [0.25, 0.3) is 5.91 Å². The zero-order valence-corrected chi connectivity index (χ0v) is 12.5. The molecule has 2 aromatic rings. The van der Waals surface area contributed by atoms with Crippen LogP contribution in [0.4, 0.5) is 0 Å². The Labute approximate surface area is 129 Å². The maximum Gasteiger partial charge on any atom is 0.271 e. The summed E-state index contributed by atoms with van der Waals surface area (Å²) in [4.78, 5) is 14.2. The molecule has 1 unspecified atom stereocenters. The molecule has 1 saturated heterocycles. The first-order valence-electron chi connectivity index (χ1n) is 6.88. The second-order valence-corrected chi connectivity index (χ2v) is 5.17. The number of H-pyrrole nitrogens is 1. The number of halogens is 1. The molecule has 1 aromatic heterocycles. The smallest absolute Gasteiger partial charge is 0.271 e. The molecule has 3 N–H and O–H groups in total. The van der Waals surface area contributed by atoms with E-state index in [1.165, 1.54) is 0 Å². The topological polar surface area (TPSA) is 75.0 Å². The Morgan fingerprint density at radius 2 is 2.14 bits per heavy atom. The molecule has 1 amide bonds. The van der Waals surface area contributed by atoms with E-state index in [2.05, 4.69) is 10.2 Å². The van der Waals surface area contributed by atoms with Crippen molar-refractivity contribution in [3.63, 3.8) is 0 Å². The number of benzene rings is 1. The quantitative estimate of drug-likeness (QED) is 0.909. The zero-order chi connectivity index (χ0) is 13.9. The fourth-order valence-corrected chi connectivity index (χ4v) is 2.57. The van der Waals surface area contributed by atoms with Crippen molar-refractivity contribution >= 4 is 18.3 Å². The van der Waals surface area contributed by atoms with E-state index in [-0.39, 0.29) is 18.3 Å². The number of nitrogens with zero attached hydrogens (tertiary/aromatic N) is 2. The monoisotopic (exact) mass is 306 g/mol. The van der Waals surface area contributed by atoms with Gasteiger partial charge in [0.1, 0.15) is 5.69 Å². The largest absolute Gasteiger partial charge is 0.337 e. The number of hydrogen-bond acceptors (Lipinski definition) is 3. The SMILES string of the molecule is Cl.NCC1CCN(C(=O)c2cc(-c3ccccc3)n[nH]2)C1. The van der Waals surface area contributed by atoms with Gasteiger partial charge < -0.3 is 10.6 Å². The first kappa shape index (κ1) is 15.5. The van der Waals surface area contributed by atoms with E-state index in [1.54, 1.807) is 0 Å². The Bertz CT molecular complexity index is 599. The number of carbonyl (C=O) groups is 1. The average Bonchev–Trinajstić information content (AvgIpc) is 3.17. The predicted octanol–water partition coefficient (Wildman–Crippen LogP) is 1.92. The number of likely N-dealkylation sites (tertiary alicyclic amines) is 1. The Hall–Kier alpha value is -1.85. The number of hydrogen-bond donors (Lipinski definition) is 2. The van der Waals surface area contributed by atoms with Crippen molar-refractivity contribution < 1.29 is 4.79 Å². The van der Waals surface area contributed by atoms with Crippen LogP contribution >= 0.6 is 12.4 Å². The second kappa shape index (κ2) is 6.74. The summed E-state index contributed by atoms with van der Waals surface area (Å²) >= 11 is 0. The van der Waals surface area contributed by atoms with Gasteiger partial charge in [-0.1, -0.05) is 30.3 Å². The molecule has 1 aliphatic heterocycles. The van der Waals surface area contributed by atoms with Crippen molar-refractivity contribution in [1.82, 2.24) is 15.1 Å². The summed E-state index contributed by atoms with van der Waals surface area (Å²) in [6, 6.07) is 11.6. The lowest BCUT2D eigenvalue weighted by molar-refractivity contribution is 0.0782. The first-order chi connectivity index (χ1) is 9.78. The molecule has 6 heteroatoms. The van der Waals surface area contributed by atoms with Gasteiger partial charge in [0, 0.05) is 18.7 Å². The van der Waals surface area contributed by atoms with Crippen molar-refractivity contribution in [2.75, 3.05) is 19.6 Å². The molecule has 0 bridgehead atoms. The second-order valence-electron chi connectivity index (χ2n) is 5.17. The van der Waals surface area contributed by atoms with Crippen LogP contribution in [0.3, 0.4) is 0 Å². The number of carbonyl (C=O) groups excluding carboxylic acids is 1. The summed E-state index contributed by atoms with van der Waals surface area (Å²) < 4.78 is 0. The van der Waals surface area contributed by atoms with Crippen LogP contribution in [0.15, 0.2) is 36.4 Å². The van der Waals surface area contributed by atoms with E-state index in [0.29, 0.717) is 18.2 Å². The standard InChI is InChI=1S/C15H18N4O.ClH/c16-9-11-6-7-19(10-11)15(20)14-8-13(17-18-14)12-4-2-1-3-5-12;/h1-5,8,11H,6-7,9-10,16H2,(H,17,18);1H. The van der Waals surface area contributed by atoms with Crippen molar-refractivity contribution in [2.24, 2.45) is 11.7 Å². The molecule has 1 aliphatic rings. The zero-order valence-electron chi connectivity index (χ0n) is 11.7. The van der Waals surface area contributed by atoms with Crippen LogP contribution in [-0.4, -0.2) is 40.6 Å². The molecule has 2 heterocycles. The average molecular weight is 307 g/mol. The highest BCUT2D eigenvalue weighted by Gasteiger charge is 2.27. The fraction of sp³-hybridized carbons (Fsp3) is 0.333. The van der Waals surface area contributed by atoms with E-state index in [1.807, 2.05) is 41.3 Å². The van der Waals surface area contributed by atoms with Gasteiger partial charge in [-0.05, 0) is 24.9 Å². The van der Waals surface area contributed by atoms with Crippen LogP contribution in [0.1, 0.15) is 16.9 Å². The van der Waals surface area contributed by atoms with Gasteiger partial charge in [0.2, 0.25) is 0 Å². The van der Waals surface area contributed by atoms with E-state index in [4.69, 9.17) is 5.73 Å². The Kier molecular flexibility index (Phi) is 4.98. The third-order valence-electron chi connectivity index (χ3n) is 3.78. The van der Waals surface area contributed by atoms with Gasteiger partial charge in [0.15, 0.2) is 0 Å². The molecule has 1 aromatic carbocycles. The van der Waals surface area contributed by atoms with E-state index in [0.717, 1.165) is 30.8 Å². The first-order valence-corrected chi connectivity index (χ1v) is 6.88. The summed E-state index contributed by atoms with van der Waals surface area (Å²) in [7, 11) is 0. The minimum Gasteiger partial charge on any atom is -0.337 e. The lowest BCUT2D eigenvalue weighted by Gasteiger charge is -2.14. The number of aromatic nitrogens is 2. The van der Waals surface area contributed by atoms with Crippen molar-refractivity contribution in [3.05, 3.63) is 42.1 Å². The van der Waals surface area contributed by atoms with Crippen molar-refractivity contribution in [1.29, 1.82) is 0 Å². The molecular weight excluding hydrogens is 288 g/mol. The fourth-order valence-electron chi connectivity index (χ4n) is 2.57. The number of nitrogens with one attached hydrogen (secondary N) is 1. The Morgan fingerprint density at radius 3 is 2.81 bits per heavy atom. The maximum absolute atomic E-state index is 12.4. The van der Waals surface area contributed by atoms with Crippen LogP contribution in [0.5, 0.6) is 0 Å². The molecule has 1 atom stereocenters. The summed E-state index contributed by atoms with van der Waals surface area (Å²) in [5.74, 6) is 0.436. The van der Waals surface area contributed by atoms with E-state index in [9.17, 15) is 4.79 Å². The summed E-state index contributed by atoms with van der Waals surface area (Å²) in [6.45, 7) is 2.16. The van der Waals surface area contributed by atoms with Gasteiger partial charge in [-0.3, -0.25) is 9.89 Å². The maximum atomic E-state index is 12.4. The van der Waals surface area contributed by atoms with Crippen molar-refractivity contribution in [3.8, 4) is 11.3 Å². The van der Waals surface area contributed by atoms with Gasteiger partial charge in [-0.25, -0.2) is 0 Å². The van der Waals surface area contributed by atoms with Gasteiger partial charge in [-0.15, -0.1) is 12.4 Å². The van der Waals surface area contributed by atoms with Gasteiger partial charge in [0.05, 0.1) is 5.69 Å². The molecule has 0 radical (unpaired) electrons. The molecule has 112 valence electrons. The highest BCUT2D eigenvalue weighted by molar-refractivity contribution is 5.93. The van der Waals surface area contributed by atoms with Crippen LogP contribution in [0.25, 0.3) is 11.3 Å². The summed E-state index contributed by atoms with van der Waals surface area (Å²) in [5.41, 5.74) is 8.00. The molecule has 1 fully saturated rings. The van der Waals surface area contributed by atoms with Crippen molar-refractivity contribution in [2.45, 2.75) is 6.42 Å². The normalized spacial score (nSPS) is 17.6. The Morgan fingerprint density at radius 1 is 1.38 bits per heavy atom. The third-order valence-corrected chi connectivity index (χ3v) is 3.78. The summed E-state index contributed by atoms with van der Waals surface area (Å²) in [6.07, 6.45) is 0.988. The van der Waals surface area contributed by atoms with Gasteiger partial charge >= 0.3 is 0 Å². The van der Waals surface area contributed by atoms with Gasteiger partial charge in [-0.2, -0.15) is 5.10 Å². The highest BCUT2D eigenvalue weighted by Crippen LogP contribution is 2.20. The lowest BCUT2D eigenvalue weighted by Crippen LogP contribution is -2.30. The molecule has 0 saturated carbocycles. The van der Waals surface area contributed by atoms with E-state index < -0.39 is 0 Å². The minimum atomic E-state index is 0. The van der Waals surface area contributed by atoms with Crippen LogP contribution in [0.2, 0.25) is 0 Å². The molecule has 0 spiro atoms. The van der Waals surface area contributed by atoms with E-state index >= 15 is 0 Å². The third kappa shape index (κ3) is 3.25. The molecule has 0 aliphatic carbocycles. The molecule has 21 heavy (non-hydrogen) atoms. The predicted molar refractivity (Wildman–Crippen MR) is 84.3 cm³/mol. The molecule has 3 rings (SSSR count). The number of nitrogens with two attached hydrogens (primary N) is 1. The summed E-state index contributed by atoms with van der Waals surface area (Å²) in [5, 5.41) is 7.06. The number of rotatable bonds is 3. The molecule has 5 nitrogen and oxygen atoms in total. The van der Waals surface area contributed by atoms with Crippen LogP contribution in [-0.2, 0) is 0 Å². The number of aromatic amines is 1. The van der Waals surface area contributed by atoms with Crippen LogP contribution in [0, 0.1) is 5.92 Å². The Balaban J connectivity index is 0.00000161.